The van der Waals surface area contributed by atoms with Gasteiger partial charge in [-0.2, -0.15) is 21.0 Å². The molecule has 0 amide bonds. The first-order valence-corrected chi connectivity index (χ1v) is 12.3. The predicted molar refractivity (Wildman–Crippen MR) is 145 cm³/mol. The molecule has 4 unspecified atom stereocenters. The highest BCUT2D eigenvalue weighted by Crippen LogP contribution is 2.48. The van der Waals surface area contributed by atoms with Crippen LogP contribution in [0.2, 0.25) is 0 Å². The summed E-state index contributed by atoms with van der Waals surface area (Å²) in [5.74, 6) is -3.61. The molecule has 0 N–H and O–H groups in total. The van der Waals surface area contributed by atoms with Gasteiger partial charge in [-0.05, 0) is 47.5 Å². The number of hydrogen-bond donors (Lipinski definition) is 0. The maximum absolute atomic E-state index is 12.0. The molecule has 0 spiro atoms. The predicted octanol–water partition coefficient (Wildman–Crippen LogP) is 5.41. The van der Waals surface area contributed by atoms with Crippen LogP contribution < -0.4 is 0 Å². The first-order valence-electron chi connectivity index (χ1n) is 11.6. The van der Waals surface area contributed by atoms with Gasteiger partial charge in [-0.15, -0.1) is 0 Å². The van der Waals surface area contributed by atoms with Crippen molar-refractivity contribution in [2.45, 2.75) is 10.00 Å². The van der Waals surface area contributed by atoms with Gasteiger partial charge in [0.05, 0.1) is 35.4 Å². The second-order valence-corrected chi connectivity index (χ2v) is 9.94. The van der Waals surface area contributed by atoms with Crippen molar-refractivity contribution in [1.29, 1.82) is 21.0 Å². The number of hydrogen-bond acceptors (Lipinski definition) is 9. The van der Waals surface area contributed by atoms with Crippen molar-refractivity contribution in [1.82, 2.24) is 0 Å². The molecule has 4 atom stereocenters. The molecule has 0 heterocycles. The van der Waals surface area contributed by atoms with Gasteiger partial charge < -0.3 is 4.74 Å². The molecule has 0 aromatic heterocycles. The molecule has 0 saturated heterocycles. The van der Waals surface area contributed by atoms with Crippen molar-refractivity contribution in [2.24, 2.45) is 11.8 Å². The molecule has 0 radical (unpaired) electrons. The summed E-state index contributed by atoms with van der Waals surface area (Å²) in [4.78, 5) is 17.4. The van der Waals surface area contributed by atoms with Crippen molar-refractivity contribution < 1.29 is 14.6 Å². The summed E-state index contributed by atoms with van der Waals surface area (Å²) in [6.45, 7) is 0. The van der Waals surface area contributed by atoms with Gasteiger partial charge in [0.1, 0.15) is 11.5 Å². The van der Waals surface area contributed by atoms with E-state index in [1.807, 2.05) is 24.3 Å². The number of nitrogens with zero attached hydrogens (tertiary/aromatic N) is 6. The zero-order valence-electron chi connectivity index (χ0n) is 20.6. The molecule has 0 fully saturated rings. The Morgan fingerprint density at radius 1 is 0.707 bits per heavy atom. The number of benzene rings is 2. The van der Waals surface area contributed by atoms with Crippen molar-refractivity contribution >= 4 is 34.3 Å². The number of alkyl halides is 2. The molecule has 2 aromatic carbocycles. The Kier molecular flexibility index (Phi) is 7.63. The van der Waals surface area contributed by atoms with Crippen molar-refractivity contribution in [3.63, 3.8) is 0 Å². The van der Waals surface area contributed by atoms with Crippen LogP contribution in [0.1, 0.15) is 22.3 Å². The Morgan fingerprint density at radius 2 is 1.07 bits per heavy atom. The number of nitriles is 4. The van der Waals surface area contributed by atoms with Crippen molar-refractivity contribution in [2.75, 3.05) is 0 Å². The first kappa shape index (κ1) is 28.5. The highest BCUT2D eigenvalue weighted by atomic mass is 35.5. The molecule has 13 heteroatoms. The molecular weight excluding hydrogens is 571 g/mol. The summed E-state index contributed by atoms with van der Waals surface area (Å²) in [7, 11) is 0. The lowest BCUT2D eigenvalue weighted by molar-refractivity contribution is -0.532. The minimum absolute atomic E-state index is 0.0627. The molecule has 200 valence electrons. The van der Waals surface area contributed by atoms with Crippen LogP contribution in [0.5, 0.6) is 0 Å². The van der Waals surface area contributed by atoms with E-state index in [1.54, 1.807) is 24.3 Å². The molecule has 0 bridgehead atoms. The van der Waals surface area contributed by atoms with Crippen LogP contribution in [0.4, 0.5) is 0 Å². The molecule has 2 aromatic rings. The van der Waals surface area contributed by atoms with Gasteiger partial charge in [-0.1, -0.05) is 36.4 Å². The van der Waals surface area contributed by atoms with E-state index in [1.165, 1.54) is 24.3 Å². The standard InChI is InChI=1S/C28H14Cl2N6O5/c29-27(35(37)38)11-9-23(25(21(27)15-33)19-7-3-1-5-17(19)13-31)41-24-10-12-28(30,36(39)40)22(16-34)26(24)20-8-4-2-6-18(20)14-32/h1-12,21-22H. The lowest BCUT2D eigenvalue weighted by Gasteiger charge is -2.31. The molecule has 2 aliphatic rings. The Labute approximate surface area is 242 Å². The average Bonchev–Trinajstić information content (AvgIpc) is 2.98. The third-order valence-corrected chi connectivity index (χ3v) is 7.53. The monoisotopic (exact) mass is 584 g/mol. The van der Waals surface area contributed by atoms with E-state index in [0.29, 0.717) is 0 Å². The van der Waals surface area contributed by atoms with E-state index < -0.39 is 31.7 Å². The van der Waals surface area contributed by atoms with Gasteiger partial charge in [0.2, 0.25) is 0 Å². The lowest BCUT2D eigenvalue weighted by Crippen LogP contribution is -2.41. The van der Waals surface area contributed by atoms with Crippen LogP contribution in [0.25, 0.3) is 11.1 Å². The van der Waals surface area contributed by atoms with E-state index in [0.717, 1.165) is 24.3 Å². The smallest absolute Gasteiger partial charge is 0.333 e. The second-order valence-electron chi connectivity index (χ2n) is 8.73. The SMILES string of the molecule is N#Cc1ccccc1C1=C(OC2=C(c3ccccc3C#N)C(C#N)C(Cl)([N+](=O)[O-])C=C2)C=CC(Cl)([N+](=O)[O-])C1C#N. The summed E-state index contributed by atoms with van der Waals surface area (Å²) in [5, 5.41) is 63.5. The quantitative estimate of drug-likeness (QED) is 0.184. The van der Waals surface area contributed by atoms with E-state index in [2.05, 4.69) is 0 Å². The van der Waals surface area contributed by atoms with Gasteiger partial charge >= 0.3 is 10.00 Å². The zero-order chi connectivity index (χ0) is 29.9. The zero-order valence-corrected chi connectivity index (χ0v) is 22.1. The largest absolute Gasteiger partial charge is 0.457 e. The topological polar surface area (TPSA) is 191 Å². The second kappa shape index (κ2) is 11.0. The number of halogens is 2. The van der Waals surface area contributed by atoms with Crippen LogP contribution in [0.15, 0.2) is 84.4 Å². The highest BCUT2D eigenvalue weighted by molar-refractivity contribution is 6.26. The van der Waals surface area contributed by atoms with Crippen LogP contribution >= 0.6 is 23.2 Å². The Balaban J connectivity index is 2.06. The summed E-state index contributed by atoms with van der Waals surface area (Å²) in [5.41, 5.74) is 0.179. The highest BCUT2D eigenvalue weighted by Gasteiger charge is 2.55. The molecule has 0 aliphatic heterocycles. The average molecular weight is 585 g/mol. The first-order chi connectivity index (χ1) is 19.6. The molecule has 11 nitrogen and oxygen atoms in total. The van der Waals surface area contributed by atoms with E-state index in [9.17, 15) is 41.3 Å². The van der Waals surface area contributed by atoms with Crippen LogP contribution in [-0.4, -0.2) is 19.8 Å². The Morgan fingerprint density at radius 3 is 1.39 bits per heavy atom. The lowest BCUT2D eigenvalue weighted by atomic mass is 9.80. The third-order valence-electron chi connectivity index (χ3n) is 6.57. The van der Waals surface area contributed by atoms with Crippen LogP contribution in [-0.2, 0) is 4.74 Å². The minimum Gasteiger partial charge on any atom is -0.457 e. The molecule has 4 rings (SSSR count). The van der Waals surface area contributed by atoms with E-state index in [-0.39, 0.29) is 44.9 Å². The maximum Gasteiger partial charge on any atom is 0.333 e. The number of allylic oxidation sites excluding steroid dienone is 2. The van der Waals surface area contributed by atoms with Gasteiger partial charge in [-0.25, -0.2) is 0 Å². The molecule has 0 saturated carbocycles. The van der Waals surface area contributed by atoms with Crippen molar-refractivity contribution in [3.05, 3.63) is 127 Å². The Hall–Kier alpha value is -5.46. The fourth-order valence-corrected chi connectivity index (χ4v) is 5.03. The van der Waals surface area contributed by atoms with E-state index >= 15 is 0 Å². The fourth-order valence-electron chi connectivity index (χ4n) is 4.59. The maximum atomic E-state index is 12.0. The minimum atomic E-state index is -2.42. The number of ether oxygens (including phenoxy) is 1. The number of nitro groups is 2. The molecule has 2 aliphatic carbocycles. The number of rotatable bonds is 6. The van der Waals surface area contributed by atoms with Crippen molar-refractivity contribution in [3.8, 4) is 24.3 Å². The normalized spacial score (nSPS) is 24.9. The summed E-state index contributed by atoms with van der Waals surface area (Å²) in [6.07, 6.45) is 4.21. The van der Waals surface area contributed by atoms with E-state index in [4.69, 9.17) is 27.9 Å². The summed E-state index contributed by atoms with van der Waals surface area (Å²) < 4.78 is 6.18. The summed E-state index contributed by atoms with van der Waals surface area (Å²) >= 11 is 12.7. The van der Waals surface area contributed by atoms with Gasteiger partial charge in [0.15, 0.2) is 11.8 Å². The van der Waals surface area contributed by atoms with Crippen LogP contribution in [0, 0.1) is 77.4 Å². The van der Waals surface area contributed by atoms with Gasteiger partial charge in [0, 0.05) is 44.3 Å². The summed E-state index contributed by atoms with van der Waals surface area (Å²) in [6, 6.07) is 19.6. The third kappa shape index (κ3) is 4.67. The van der Waals surface area contributed by atoms with Gasteiger partial charge in [-0.3, -0.25) is 20.2 Å². The Bertz CT molecular complexity index is 1660. The van der Waals surface area contributed by atoms with Gasteiger partial charge in [0.25, 0.3) is 0 Å². The van der Waals surface area contributed by atoms with Crippen LogP contribution in [0.3, 0.4) is 0 Å². The molecule has 41 heavy (non-hydrogen) atoms. The fraction of sp³-hybridized carbons (Fsp3) is 0.143. The molecular formula is C28H14Cl2N6O5.